The van der Waals surface area contributed by atoms with Gasteiger partial charge in [-0.25, -0.2) is 4.39 Å². The van der Waals surface area contributed by atoms with Crippen LogP contribution in [0.25, 0.3) is 22.5 Å². The molecule has 1 heterocycles. The van der Waals surface area contributed by atoms with E-state index < -0.39 is 0 Å². The number of nitrogens with two attached hydrogens (primary N) is 1. The molecule has 106 valence electrons. The highest BCUT2D eigenvalue weighted by Crippen LogP contribution is 2.39. The van der Waals surface area contributed by atoms with E-state index in [2.05, 4.69) is 27.7 Å². The van der Waals surface area contributed by atoms with E-state index >= 15 is 0 Å². The molecular formula is C16H12FIN2O. The van der Waals surface area contributed by atoms with Crippen molar-refractivity contribution in [1.82, 2.24) is 5.16 Å². The van der Waals surface area contributed by atoms with Crippen molar-refractivity contribution >= 4 is 28.4 Å². The van der Waals surface area contributed by atoms with Crippen molar-refractivity contribution in [2.75, 3.05) is 5.73 Å². The quantitative estimate of drug-likeness (QED) is 0.645. The van der Waals surface area contributed by atoms with Gasteiger partial charge < -0.3 is 10.3 Å². The van der Waals surface area contributed by atoms with Crippen LogP contribution in [0.5, 0.6) is 0 Å². The minimum absolute atomic E-state index is 0.284. The molecule has 3 nitrogen and oxygen atoms in total. The number of nitrogens with zero attached hydrogens (tertiary/aromatic N) is 1. The summed E-state index contributed by atoms with van der Waals surface area (Å²) in [4.78, 5) is 0. The first-order valence-corrected chi connectivity index (χ1v) is 7.42. The van der Waals surface area contributed by atoms with Crippen molar-refractivity contribution in [2.45, 2.75) is 6.92 Å². The van der Waals surface area contributed by atoms with E-state index in [1.807, 2.05) is 31.2 Å². The molecule has 0 aliphatic carbocycles. The molecule has 0 saturated heterocycles. The fourth-order valence-corrected chi connectivity index (χ4v) is 3.00. The molecule has 0 amide bonds. The molecule has 3 aromatic rings. The third kappa shape index (κ3) is 2.53. The summed E-state index contributed by atoms with van der Waals surface area (Å²) in [6, 6.07) is 12.4. The van der Waals surface area contributed by atoms with Gasteiger partial charge in [0.05, 0.1) is 5.56 Å². The van der Waals surface area contributed by atoms with E-state index in [1.165, 1.54) is 12.1 Å². The second-order valence-electron chi connectivity index (χ2n) is 4.71. The van der Waals surface area contributed by atoms with E-state index in [4.69, 9.17) is 10.3 Å². The zero-order chi connectivity index (χ0) is 15.0. The third-order valence-corrected chi connectivity index (χ3v) is 4.20. The highest BCUT2D eigenvalue weighted by atomic mass is 127. The minimum atomic E-state index is -0.284. The number of anilines is 1. The van der Waals surface area contributed by atoms with Crippen molar-refractivity contribution in [3.8, 4) is 22.5 Å². The largest absolute Gasteiger partial charge is 0.380 e. The van der Waals surface area contributed by atoms with Gasteiger partial charge in [-0.2, -0.15) is 0 Å². The van der Waals surface area contributed by atoms with Gasteiger partial charge in [0.1, 0.15) is 5.82 Å². The van der Waals surface area contributed by atoms with Crippen LogP contribution >= 0.6 is 22.6 Å². The Bertz CT molecular complexity index is 814. The number of rotatable bonds is 2. The molecule has 0 atom stereocenters. The van der Waals surface area contributed by atoms with Crippen LogP contribution < -0.4 is 5.73 Å². The van der Waals surface area contributed by atoms with Gasteiger partial charge in [-0.05, 0) is 58.8 Å². The van der Waals surface area contributed by atoms with Gasteiger partial charge in [0.15, 0.2) is 11.6 Å². The lowest BCUT2D eigenvalue weighted by molar-refractivity contribution is 0.436. The smallest absolute Gasteiger partial charge is 0.177 e. The molecule has 0 aliphatic heterocycles. The Morgan fingerprint density at radius 3 is 2.62 bits per heavy atom. The minimum Gasteiger partial charge on any atom is -0.380 e. The molecule has 5 heteroatoms. The summed E-state index contributed by atoms with van der Waals surface area (Å²) in [6.07, 6.45) is 0. The summed E-state index contributed by atoms with van der Waals surface area (Å²) in [5, 5.41) is 3.88. The van der Waals surface area contributed by atoms with Crippen LogP contribution in [0.3, 0.4) is 0 Å². The normalized spacial score (nSPS) is 10.8. The van der Waals surface area contributed by atoms with E-state index in [0.717, 1.165) is 25.8 Å². The van der Waals surface area contributed by atoms with Gasteiger partial charge in [0, 0.05) is 9.13 Å². The van der Waals surface area contributed by atoms with Crippen molar-refractivity contribution in [3.63, 3.8) is 0 Å². The lowest BCUT2D eigenvalue weighted by atomic mass is 9.98. The first-order valence-electron chi connectivity index (χ1n) is 6.34. The number of aryl methyl sites for hydroxylation is 1. The summed E-state index contributed by atoms with van der Waals surface area (Å²) in [5.41, 5.74) is 9.54. The average molecular weight is 394 g/mol. The number of benzene rings is 2. The Labute approximate surface area is 135 Å². The zero-order valence-electron chi connectivity index (χ0n) is 11.2. The van der Waals surface area contributed by atoms with E-state index in [0.29, 0.717) is 11.6 Å². The maximum Gasteiger partial charge on any atom is 0.177 e. The Morgan fingerprint density at radius 2 is 1.90 bits per heavy atom. The van der Waals surface area contributed by atoms with E-state index in [9.17, 15) is 4.39 Å². The van der Waals surface area contributed by atoms with Crippen molar-refractivity contribution < 1.29 is 8.91 Å². The highest BCUT2D eigenvalue weighted by molar-refractivity contribution is 14.1. The second-order valence-corrected chi connectivity index (χ2v) is 5.87. The molecule has 0 fully saturated rings. The first kappa shape index (κ1) is 14.1. The molecule has 2 aromatic carbocycles. The number of hydrogen-bond acceptors (Lipinski definition) is 3. The molecule has 0 bridgehead atoms. The fourth-order valence-electron chi connectivity index (χ4n) is 2.27. The lowest BCUT2D eigenvalue weighted by Gasteiger charge is -2.07. The average Bonchev–Trinajstić information content (AvgIpc) is 2.81. The molecule has 2 N–H and O–H groups in total. The predicted octanol–water partition coefficient (Wildman–Crippen LogP) is 4.64. The molecule has 21 heavy (non-hydrogen) atoms. The van der Waals surface area contributed by atoms with E-state index in [1.54, 1.807) is 6.07 Å². The molecule has 0 radical (unpaired) electrons. The zero-order valence-corrected chi connectivity index (χ0v) is 13.4. The van der Waals surface area contributed by atoms with Crippen LogP contribution in [0.15, 0.2) is 47.0 Å². The fraction of sp³-hybridized carbons (Fsp3) is 0.0625. The van der Waals surface area contributed by atoms with Crippen molar-refractivity contribution in [1.29, 1.82) is 0 Å². The number of aromatic nitrogens is 1. The maximum atomic E-state index is 13.3. The Hall–Kier alpha value is -1.89. The lowest BCUT2D eigenvalue weighted by Crippen LogP contribution is -1.92. The second kappa shape index (κ2) is 5.48. The molecule has 3 rings (SSSR count). The SMILES string of the molecule is Cc1ccccc1-c1c(N)noc1-c1ccc(F)cc1I. The summed E-state index contributed by atoms with van der Waals surface area (Å²) in [7, 11) is 0. The molecule has 0 unspecified atom stereocenters. The molecule has 0 spiro atoms. The van der Waals surface area contributed by atoms with Crippen LogP contribution in [-0.4, -0.2) is 5.16 Å². The number of hydrogen-bond donors (Lipinski definition) is 1. The summed E-state index contributed by atoms with van der Waals surface area (Å²) in [6.45, 7) is 2.00. The topological polar surface area (TPSA) is 52.0 Å². The summed E-state index contributed by atoms with van der Waals surface area (Å²) >= 11 is 2.07. The van der Waals surface area contributed by atoms with Gasteiger partial charge in [-0.3, -0.25) is 0 Å². The summed E-state index contributed by atoms with van der Waals surface area (Å²) in [5.74, 6) is 0.610. The number of halogens is 2. The molecule has 1 aromatic heterocycles. The van der Waals surface area contributed by atoms with Gasteiger partial charge in [0.25, 0.3) is 0 Å². The Kier molecular flexibility index (Phi) is 3.67. The maximum absolute atomic E-state index is 13.3. The molecule has 0 aliphatic rings. The van der Waals surface area contributed by atoms with Crippen molar-refractivity contribution in [3.05, 3.63) is 57.4 Å². The van der Waals surface area contributed by atoms with Crippen LogP contribution in [0, 0.1) is 16.3 Å². The standard InChI is InChI=1S/C16H12FIN2O/c1-9-4-2-3-5-11(9)14-15(21-20-16(14)19)12-7-6-10(17)8-13(12)18/h2-8H,1H3,(H2,19,20). The summed E-state index contributed by atoms with van der Waals surface area (Å²) < 4.78 is 19.4. The third-order valence-electron chi connectivity index (χ3n) is 3.31. The monoisotopic (exact) mass is 394 g/mol. The van der Waals surface area contributed by atoms with Crippen LogP contribution in [0.1, 0.15) is 5.56 Å². The van der Waals surface area contributed by atoms with Crippen LogP contribution in [0.2, 0.25) is 0 Å². The first-order chi connectivity index (χ1) is 10.1. The molecular weight excluding hydrogens is 382 g/mol. The Balaban J connectivity index is 2.25. The predicted molar refractivity (Wildman–Crippen MR) is 89.2 cm³/mol. The van der Waals surface area contributed by atoms with Gasteiger partial charge in [-0.15, -0.1) is 0 Å². The van der Waals surface area contributed by atoms with E-state index in [-0.39, 0.29) is 5.82 Å². The van der Waals surface area contributed by atoms with Crippen LogP contribution in [0.4, 0.5) is 10.2 Å². The Morgan fingerprint density at radius 1 is 1.14 bits per heavy atom. The van der Waals surface area contributed by atoms with Crippen LogP contribution in [-0.2, 0) is 0 Å². The number of nitrogen functional groups attached to an aromatic ring is 1. The molecule has 0 saturated carbocycles. The van der Waals surface area contributed by atoms with Gasteiger partial charge >= 0.3 is 0 Å². The van der Waals surface area contributed by atoms with Crippen molar-refractivity contribution in [2.24, 2.45) is 0 Å². The highest BCUT2D eigenvalue weighted by Gasteiger charge is 2.20. The van der Waals surface area contributed by atoms with Gasteiger partial charge in [0.2, 0.25) is 0 Å². The van der Waals surface area contributed by atoms with Gasteiger partial charge in [-0.1, -0.05) is 29.4 Å².